The van der Waals surface area contributed by atoms with E-state index in [0.29, 0.717) is 18.8 Å². The van der Waals surface area contributed by atoms with Gasteiger partial charge in [-0.1, -0.05) is 0 Å². The first-order valence-electron chi connectivity index (χ1n) is 10.1. The molecule has 0 radical (unpaired) electrons. The van der Waals surface area contributed by atoms with Crippen molar-refractivity contribution in [2.45, 2.75) is 45.4 Å². The van der Waals surface area contributed by atoms with Gasteiger partial charge in [0.05, 0.1) is 6.10 Å². The standard InChI is InChI=1S/C21H34N4O4/c1-15(2)22-21(27)23-17-8-9-19(24(3)4)16(11-17)12-25(20(26)14-28-5)13-18-7-6-10-29-18/h8-9,11,15,18H,6-7,10,12-14H2,1-5H3,(H2,22,23,27). The van der Waals surface area contributed by atoms with Crippen molar-refractivity contribution in [1.82, 2.24) is 10.2 Å². The van der Waals surface area contributed by atoms with Crippen LogP contribution in [0.4, 0.5) is 16.2 Å². The third-order valence-corrected chi connectivity index (χ3v) is 4.67. The van der Waals surface area contributed by atoms with Gasteiger partial charge < -0.3 is 29.9 Å². The Morgan fingerprint density at radius 2 is 2.07 bits per heavy atom. The summed E-state index contributed by atoms with van der Waals surface area (Å²) in [6, 6.07) is 5.52. The van der Waals surface area contributed by atoms with Gasteiger partial charge in [0.1, 0.15) is 6.61 Å². The summed E-state index contributed by atoms with van der Waals surface area (Å²) in [7, 11) is 5.43. The topological polar surface area (TPSA) is 83.1 Å². The van der Waals surface area contributed by atoms with E-state index in [1.54, 1.807) is 4.90 Å². The first-order valence-corrected chi connectivity index (χ1v) is 10.1. The highest BCUT2D eigenvalue weighted by Gasteiger charge is 2.24. The van der Waals surface area contributed by atoms with Crippen LogP contribution in [-0.4, -0.2) is 69.9 Å². The van der Waals surface area contributed by atoms with E-state index in [0.717, 1.165) is 30.7 Å². The number of methoxy groups -OCH3 is 1. The number of ether oxygens (including phenoxy) is 2. The monoisotopic (exact) mass is 406 g/mol. The smallest absolute Gasteiger partial charge is 0.319 e. The number of nitrogens with zero attached hydrogens (tertiary/aromatic N) is 2. The van der Waals surface area contributed by atoms with Gasteiger partial charge in [-0.3, -0.25) is 4.79 Å². The van der Waals surface area contributed by atoms with E-state index in [2.05, 4.69) is 10.6 Å². The molecule has 1 aromatic carbocycles. The Kier molecular flexibility index (Phi) is 8.72. The molecule has 0 bridgehead atoms. The van der Waals surface area contributed by atoms with Crippen LogP contribution in [0, 0.1) is 0 Å². The number of carbonyl (C=O) groups excluding carboxylic acids is 2. The Hall–Kier alpha value is -2.32. The maximum absolute atomic E-state index is 12.7. The maximum Gasteiger partial charge on any atom is 0.319 e. The molecule has 2 rings (SSSR count). The number of anilines is 2. The molecule has 8 nitrogen and oxygen atoms in total. The van der Waals surface area contributed by atoms with Gasteiger partial charge in [-0.25, -0.2) is 4.79 Å². The van der Waals surface area contributed by atoms with Crippen molar-refractivity contribution in [2.75, 3.05) is 51.2 Å². The molecule has 1 atom stereocenters. The van der Waals surface area contributed by atoms with Crippen molar-refractivity contribution >= 4 is 23.3 Å². The predicted molar refractivity (Wildman–Crippen MR) is 114 cm³/mol. The molecule has 2 N–H and O–H groups in total. The lowest BCUT2D eigenvalue weighted by Gasteiger charge is -2.28. The van der Waals surface area contributed by atoms with Gasteiger partial charge in [-0.15, -0.1) is 0 Å². The summed E-state index contributed by atoms with van der Waals surface area (Å²) in [5.74, 6) is -0.0800. The molecule has 1 saturated heterocycles. The summed E-state index contributed by atoms with van der Waals surface area (Å²) in [5, 5.41) is 5.67. The molecule has 8 heteroatoms. The normalized spacial score (nSPS) is 16.0. The van der Waals surface area contributed by atoms with Crippen molar-refractivity contribution in [3.63, 3.8) is 0 Å². The third kappa shape index (κ3) is 7.21. The Balaban J connectivity index is 2.22. The number of nitrogens with one attached hydrogen (secondary N) is 2. The molecule has 1 aliphatic rings. The van der Waals surface area contributed by atoms with Crippen LogP contribution in [0.2, 0.25) is 0 Å². The van der Waals surface area contributed by atoms with Crippen LogP contribution in [0.5, 0.6) is 0 Å². The number of carbonyl (C=O) groups is 2. The van der Waals surface area contributed by atoms with Crippen LogP contribution in [-0.2, 0) is 20.8 Å². The average molecular weight is 407 g/mol. The van der Waals surface area contributed by atoms with E-state index >= 15 is 0 Å². The number of hydrogen-bond acceptors (Lipinski definition) is 5. The molecule has 1 unspecified atom stereocenters. The van der Waals surface area contributed by atoms with Crippen LogP contribution < -0.4 is 15.5 Å². The first kappa shape index (κ1) is 23.0. The summed E-state index contributed by atoms with van der Waals surface area (Å²) < 4.78 is 10.8. The fourth-order valence-electron chi connectivity index (χ4n) is 3.36. The van der Waals surface area contributed by atoms with E-state index < -0.39 is 0 Å². The zero-order valence-electron chi connectivity index (χ0n) is 18.2. The zero-order chi connectivity index (χ0) is 21.4. The summed E-state index contributed by atoms with van der Waals surface area (Å²) in [6.45, 7) is 5.52. The minimum absolute atomic E-state index is 0.0265. The Labute approximate surface area is 173 Å². The minimum Gasteiger partial charge on any atom is -0.377 e. The maximum atomic E-state index is 12.7. The van der Waals surface area contributed by atoms with E-state index in [1.807, 2.05) is 51.0 Å². The SMILES string of the molecule is COCC(=O)N(Cc1cc(NC(=O)NC(C)C)ccc1N(C)C)CC1CCCO1. The molecule has 162 valence electrons. The van der Waals surface area contributed by atoms with E-state index in [4.69, 9.17) is 9.47 Å². The van der Waals surface area contributed by atoms with Crippen molar-refractivity contribution in [3.05, 3.63) is 23.8 Å². The van der Waals surface area contributed by atoms with Gasteiger partial charge in [0.25, 0.3) is 0 Å². The average Bonchev–Trinajstić information content (AvgIpc) is 3.13. The van der Waals surface area contributed by atoms with Gasteiger partial charge in [-0.05, 0) is 50.5 Å². The van der Waals surface area contributed by atoms with Crippen molar-refractivity contribution in [2.24, 2.45) is 0 Å². The fourth-order valence-corrected chi connectivity index (χ4v) is 3.36. The van der Waals surface area contributed by atoms with Gasteiger partial charge in [0, 0.05) is 58.3 Å². The minimum atomic E-state index is -0.254. The number of rotatable bonds is 9. The second-order valence-corrected chi connectivity index (χ2v) is 7.83. The molecule has 1 aromatic rings. The van der Waals surface area contributed by atoms with Crippen molar-refractivity contribution < 1.29 is 19.1 Å². The summed E-state index contributed by atoms with van der Waals surface area (Å²) >= 11 is 0. The molecule has 1 aliphatic heterocycles. The van der Waals surface area contributed by atoms with Crippen molar-refractivity contribution in [3.8, 4) is 0 Å². The number of hydrogen-bond donors (Lipinski definition) is 2. The molecule has 0 aromatic heterocycles. The molecule has 1 fully saturated rings. The van der Waals surface area contributed by atoms with Crippen molar-refractivity contribution in [1.29, 1.82) is 0 Å². The predicted octanol–water partition coefficient (Wildman–Crippen LogP) is 2.44. The number of amides is 3. The molecule has 0 saturated carbocycles. The van der Waals surface area contributed by atoms with E-state index in [-0.39, 0.29) is 30.7 Å². The highest BCUT2D eigenvalue weighted by Crippen LogP contribution is 2.25. The Bertz CT molecular complexity index is 687. The largest absolute Gasteiger partial charge is 0.377 e. The molecule has 0 aliphatic carbocycles. The summed E-state index contributed by atoms with van der Waals surface area (Å²) in [6.07, 6.45) is 2.02. The summed E-state index contributed by atoms with van der Waals surface area (Å²) in [4.78, 5) is 28.5. The van der Waals surface area contributed by atoms with Crippen LogP contribution in [0.15, 0.2) is 18.2 Å². The Morgan fingerprint density at radius 1 is 1.31 bits per heavy atom. The summed E-state index contributed by atoms with van der Waals surface area (Å²) in [5.41, 5.74) is 2.61. The molecule has 29 heavy (non-hydrogen) atoms. The lowest BCUT2D eigenvalue weighted by atomic mass is 10.1. The van der Waals surface area contributed by atoms with E-state index in [9.17, 15) is 9.59 Å². The lowest BCUT2D eigenvalue weighted by Crippen LogP contribution is -2.39. The van der Waals surface area contributed by atoms with Gasteiger partial charge >= 0.3 is 6.03 Å². The molecular formula is C21H34N4O4. The quantitative estimate of drug-likeness (QED) is 0.658. The first-order chi connectivity index (χ1) is 13.8. The lowest BCUT2D eigenvalue weighted by molar-refractivity contribution is -0.137. The number of benzene rings is 1. The molecule has 1 heterocycles. The van der Waals surface area contributed by atoms with Crippen LogP contribution in [0.3, 0.4) is 0 Å². The molecular weight excluding hydrogens is 372 g/mol. The second kappa shape index (κ2) is 11.0. The second-order valence-electron chi connectivity index (χ2n) is 7.83. The van der Waals surface area contributed by atoms with Crippen LogP contribution in [0.1, 0.15) is 32.3 Å². The van der Waals surface area contributed by atoms with Crippen LogP contribution in [0.25, 0.3) is 0 Å². The third-order valence-electron chi connectivity index (χ3n) is 4.67. The van der Waals surface area contributed by atoms with Gasteiger partial charge in [0.15, 0.2) is 0 Å². The fraction of sp³-hybridized carbons (Fsp3) is 0.619. The van der Waals surface area contributed by atoms with Crippen LogP contribution >= 0.6 is 0 Å². The van der Waals surface area contributed by atoms with Gasteiger partial charge in [-0.2, -0.15) is 0 Å². The molecule has 0 spiro atoms. The highest BCUT2D eigenvalue weighted by atomic mass is 16.5. The van der Waals surface area contributed by atoms with E-state index in [1.165, 1.54) is 7.11 Å². The number of urea groups is 1. The zero-order valence-corrected chi connectivity index (χ0v) is 18.2. The highest BCUT2D eigenvalue weighted by molar-refractivity contribution is 5.90. The van der Waals surface area contributed by atoms with Gasteiger partial charge in [0.2, 0.25) is 5.91 Å². The molecule has 3 amide bonds. The Morgan fingerprint density at radius 3 is 2.66 bits per heavy atom.